The van der Waals surface area contributed by atoms with Gasteiger partial charge in [-0.15, -0.1) is 0 Å². The number of fused-ring (bicyclic) bond motifs is 5. The summed E-state index contributed by atoms with van der Waals surface area (Å²) < 4.78 is 74.4. The second-order valence-electron chi connectivity index (χ2n) is 9.84. The van der Waals surface area contributed by atoms with Crippen LogP contribution in [0.2, 0.25) is 0 Å². The lowest BCUT2D eigenvalue weighted by Gasteiger charge is -2.61. The summed E-state index contributed by atoms with van der Waals surface area (Å²) in [5.74, 6) is -1.84. The third kappa shape index (κ3) is 2.74. The van der Waals surface area contributed by atoms with Crippen LogP contribution in [0.25, 0.3) is 0 Å². The van der Waals surface area contributed by atoms with E-state index < -0.39 is 43.1 Å². The quantitative estimate of drug-likeness (QED) is 0.517. The average Bonchev–Trinajstić information content (AvgIpc) is 3.08. The van der Waals surface area contributed by atoms with Gasteiger partial charge in [0.05, 0.1) is 0 Å². The minimum Gasteiger partial charge on any atom is -0.303 e. The molecule has 1 heteroatoms. The molecule has 1 nitrogen and oxygen atoms in total. The largest absolute Gasteiger partial charge is 0.303 e. The van der Waals surface area contributed by atoms with E-state index in [9.17, 15) is 6.17 Å². The fourth-order valence-corrected chi connectivity index (χ4v) is 7.95. The highest BCUT2D eigenvalue weighted by Crippen LogP contribution is 2.68. The third-order valence-corrected chi connectivity index (χ3v) is 9.18. The first kappa shape index (κ1) is 10.3. The molecule has 0 saturated heterocycles. The number of hydrogen-bond acceptors (Lipinski definition) is 1. The maximum Gasteiger partial charge on any atom is 0.120 e. The summed E-state index contributed by atoms with van der Waals surface area (Å²) in [6, 6.07) is 0. The predicted molar refractivity (Wildman–Crippen MR) is 104 cm³/mol. The summed E-state index contributed by atoms with van der Waals surface area (Å²) in [5.41, 5.74) is -0.309. The first-order chi connectivity index (χ1) is 15.5. The van der Waals surface area contributed by atoms with E-state index >= 15 is 0 Å². The first-order valence-electron chi connectivity index (χ1n) is 15.0. The van der Waals surface area contributed by atoms with Gasteiger partial charge < -0.3 is 4.79 Å². The van der Waals surface area contributed by atoms with Gasteiger partial charge in [-0.3, -0.25) is 0 Å². The summed E-state index contributed by atoms with van der Waals surface area (Å²) >= 11 is 0. The molecule has 0 N–H and O–H groups in total. The topological polar surface area (TPSA) is 17.1 Å². The number of aldehydes is 1. The molecule has 0 aliphatic heterocycles. The zero-order valence-corrected chi connectivity index (χ0v) is 15.9. The van der Waals surface area contributed by atoms with Gasteiger partial charge in [-0.1, -0.05) is 33.5 Å². The van der Waals surface area contributed by atoms with Crippen LogP contribution in [-0.4, -0.2) is 6.26 Å². The van der Waals surface area contributed by atoms with Crippen LogP contribution < -0.4 is 0 Å². The van der Waals surface area contributed by atoms with Gasteiger partial charge in [-0.2, -0.15) is 0 Å². The van der Waals surface area contributed by atoms with Gasteiger partial charge in [0, 0.05) is 17.3 Å². The fourth-order valence-electron chi connectivity index (χ4n) is 7.95. The molecule has 142 valence electrons. The second-order valence-corrected chi connectivity index (χ2v) is 9.84. The molecule has 8 atom stereocenters. The highest BCUT2D eigenvalue weighted by atomic mass is 16.1. The molecular weight excluding hydrogens is 304 g/mol. The van der Waals surface area contributed by atoms with Gasteiger partial charge in [-0.05, 0) is 104 Å². The highest BCUT2D eigenvalue weighted by molar-refractivity contribution is 5.49. The predicted octanol–water partition coefficient (Wildman–Crippen LogP) is 6.65. The Morgan fingerprint density at radius 1 is 1.12 bits per heavy atom. The van der Waals surface area contributed by atoms with Crippen molar-refractivity contribution in [2.45, 2.75) is 97.7 Å². The number of rotatable bonds is 4. The molecule has 0 aromatic heterocycles. The van der Waals surface area contributed by atoms with Crippen molar-refractivity contribution in [3.05, 3.63) is 0 Å². The molecule has 0 bridgehead atoms. The molecule has 4 aliphatic rings. The van der Waals surface area contributed by atoms with Gasteiger partial charge in [0.1, 0.15) is 7.63 Å². The van der Waals surface area contributed by atoms with E-state index in [2.05, 4.69) is 6.92 Å². The van der Waals surface area contributed by atoms with Gasteiger partial charge in [0.15, 0.2) is 0 Å². The number of carbonyl (C=O) groups is 1. The molecular formula is C24H40O. The van der Waals surface area contributed by atoms with Gasteiger partial charge in [0.2, 0.25) is 0 Å². The average molecular weight is 354 g/mol. The number of hydrogen-bond donors (Lipinski definition) is 0. The second kappa shape index (κ2) is 6.68. The van der Waals surface area contributed by atoms with Crippen LogP contribution in [0.4, 0.5) is 0 Å². The standard InChI is InChI=1S/C24H40O/c1-17(7-6-16-25)20-11-12-21-19-10-9-18-8-4-5-14-23(18,2)22(19)13-15-24(20,21)3/h16-22H,4-15H2,1-3H3/t17-,18?,19+,20-,21+,22+,23+,24-/m1/s1/i1D3,6D2,7D2,16D,17D. The van der Waals surface area contributed by atoms with E-state index in [1.807, 2.05) is 6.92 Å². The van der Waals surface area contributed by atoms with E-state index in [0.29, 0.717) is 36.5 Å². The lowest BCUT2D eigenvalue weighted by molar-refractivity contribution is -0.115. The van der Waals surface area contributed by atoms with Crippen molar-refractivity contribution in [3.8, 4) is 0 Å². The maximum atomic E-state index is 11.8. The van der Waals surface area contributed by atoms with Crippen LogP contribution in [0, 0.1) is 46.3 Å². The van der Waals surface area contributed by atoms with E-state index in [-0.39, 0.29) is 5.92 Å². The van der Waals surface area contributed by atoms with E-state index in [0.717, 1.165) is 18.8 Å². The molecule has 0 spiro atoms. The van der Waals surface area contributed by atoms with Crippen molar-refractivity contribution in [2.24, 2.45) is 46.3 Å². The minimum absolute atomic E-state index is 0.177. The molecule has 0 radical (unpaired) electrons. The van der Waals surface area contributed by atoms with Gasteiger partial charge in [0.25, 0.3) is 0 Å². The molecule has 0 heterocycles. The molecule has 4 aliphatic carbocycles. The van der Waals surface area contributed by atoms with Crippen LogP contribution in [-0.2, 0) is 4.79 Å². The van der Waals surface area contributed by atoms with Crippen LogP contribution in [0.5, 0.6) is 0 Å². The Morgan fingerprint density at radius 2 is 1.96 bits per heavy atom. The summed E-state index contributed by atoms with van der Waals surface area (Å²) in [5, 5.41) is 0. The molecule has 4 fully saturated rings. The molecule has 4 saturated carbocycles. The van der Waals surface area contributed by atoms with Crippen molar-refractivity contribution >= 4 is 6.26 Å². The van der Waals surface area contributed by atoms with E-state index in [1.165, 1.54) is 32.1 Å². The highest BCUT2D eigenvalue weighted by Gasteiger charge is 2.59. The monoisotopic (exact) mass is 353 g/mol. The zero-order valence-electron chi connectivity index (χ0n) is 24.9. The SMILES string of the molecule is [2H]C(=O)C([2H])([2H])C([2H])([2H])[C@]([2H])([C@H]1CC[C@H]2[C@@H]3CCC4CCCC[C@]4(C)[C@H]3CC[C@@]21C)C([2H])([2H])[2H]. The zero-order chi connectivity index (χ0) is 25.5. The minimum atomic E-state index is -3.39. The molecule has 0 amide bonds. The van der Waals surface area contributed by atoms with E-state index in [4.69, 9.17) is 11.0 Å². The van der Waals surface area contributed by atoms with Crippen LogP contribution in [0.15, 0.2) is 0 Å². The Balaban J connectivity index is 1.74. The summed E-state index contributed by atoms with van der Waals surface area (Å²) in [6.07, 6.45) is 1.51. The number of carbonyl (C=O) groups excluding carboxylic acids is 1. The van der Waals surface area contributed by atoms with Crippen LogP contribution in [0.1, 0.15) is 110 Å². The fraction of sp³-hybridized carbons (Fsp3) is 0.958. The van der Waals surface area contributed by atoms with Crippen molar-refractivity contribution in [1.82, 2.24) is 0 Å². The normalized spacial score (nSPS) is 58.6. The summed E-state index contributed by atoms with van der Waals surface area (Å²) in [7, 11) is 0. The Labute approximate surface area is 168 Å². The molecule has 4 rings (SSSR count). The smallest absolute Gasteiger partial charge is 0.120 e. The summed E-state index contributed by atoms with van der Waals surface area (Å²) in [6.45, 7) is 1.31. The van der Waals surface area contributed by atoms with E-state index in [1.54, 1.807) is 0 Å². The Bertz CT molecular complexity index is 826. The van der Waals surface area contributed by atoms with Crippen molar-refractivity contribution in [2.75, 3.05) is 0 Å². The molecule has 0 aromatic rings. The third-order valence-electron chi connectivity index (χ3n) is 9.18. The Kier molecular flexibility index (Phi) is 2.75. The molecule has 0 aromatic carbocycles. The lowest BCUT2D eigenvalue weighted by Crippen LogP contribution is -2.53. The van der Waals surface area contributed by atoms with Gasteiger partial charge in [-0.25, -0.2) is 0 Å². The van der Waals surface area contributed by atoms with Crippen molar-refractivity contribution < 1.29 is 17.1 Å². The molecule has 1 unspecified atom stereocenters. The summed E-state index contributed by atoms with van der Waals surface area (Å²) in [4.78, 5) is 11.8. The van der Waals surface area contributed by atoms with Crippen molar-refractivity contribution in [3.63, 3.8) is 0 Å². The first-order valence-corrected chi connectivity index (χ1v) is 10.5. The van der Waals surface area contributed by atoms with Crippen LogP contribution in [0.3, 0.4) is 0 Å². The molecule has 25 heavy (non-hydrogen) atoms. The van der Waals surface area contributed by atoms with Gasteiger partial charge >= 0.3 is 0 Å². The van der Waals surface area contributed by atoms with Crippen LogP contribution >= 0.6 is 0 Å². The maximum absolute atomic E-state index is 11.8. The van der Waals surface area contributed by atoms with Crippen molar-refractivity contribution in [1.29, 1.82) is 0 Å². The Hall–Kier alpha value is -0.330. The Morgan fingerprint density at radius 3 is 2.76 bits per heavy atom. The lowest BCUT2D eigenvalue weighted by atomic mass is 9.44.